The number of nitrogens with one attached hydrogen (secondary N) is 1. The highest BCUT2D eigenvalue weighted by Gasteiger charge is 2.19. The van der Waals surface area contributed by atoms with Crippen molar-refractivity contribution in [3.63, 3.8) is 0 Å². The molecule has 0 saturated carbocycles. The van der Waals surface area contributed by atoms with Gasteiger partial charge in [0.05, 0.1) is 5.69 Å². The molecule has 1 saturated heterocycles. The summed E-state index contributed by atoms with van der Waals surface area (Å²) in [5.41, 5.74) is 1.65. The van der Waals surface area contributed by atoms with E-state index < -0.39 is 0 Å². The van der Waals surface area contributed by atoms with E-state index in [2.05, 4.69) is 27.1 Å². The highest BCUT2D eigenvalue weighted by Crippen LogP contribution is 2.19. The Kier molecular flexibility index (Phi) is 5.68. The van der Waals surface area contributed by atoms with Crippen molar-refractivity contribution in [1.82, 2.24) is 15.2 Å². The number of nitrogens with zero attached hydrogens (tertiary/aromatic N) is 3. The van der Waals surface area contributed by atoms with Crippen LogP contribution in [0.2, 0.25) is 0 Å². The molecule has 0 spiro atoms. The van der Waals surface area contributed by atoms with Crippen LogP contribution in [0.4, 0.5) is 4.39 Å². The molecule has 0 bridgehead atoms. The fraction of sp³-hybridized carbons (Fsp3) is 0.474. The summed E-state index contributed by atoms with van der Waals surface area (Å²) < 4.78 is 18.5. The lowest BCUT2D eigenvalue weighted by atomic mass is 10.0. The molecule has 1 aromatic heterocycles. The van der Waals surface area contributed by atoms with Gasteiger partial charge in [0.15, 0.2) is 5.96 Å². The molecule has 1 aliphatic rings. The minimum absolute atomic E-state index is 0.266. The number of piperidine rings is 1. The summed E-state index contributed by atoms with van der Waals surface area (Å²) in [5.74, 6) is 1.91. The summed E-state index contributed by atoms with van der Waals surface area (Å²) in [7, 11) is 1.82. The van der Waals surface area contributed by atoms with E-state index in [1.54, 1.807) is 18.4 Å². The van der Waals surface area contributed by atoms with Gasteiger partial charge in [-0.3, -0.25) is 4.99 Å². The van der Waals surface area contributed by atoms with Crippen LogP contribution < -0.4 is 5.32 Å². The van der Waals surface area contributed by atoms with Crippen molar-refractivity contribution in [3.8, 4) is 11.5 Å². The summed E-state index contributed by atoms with van der Waals surface area (Å²) >= 11 is 0. The normalized spacial score (nSPS) is 18.4. The predicted molar refractivity (Wildman–Crippen MR) is 96.9 cm³/mol. The Labute approximate surface area is 148 Å². The number of hydrogen-bond donors (Lipinski definition) is 1. The fourth-order valence-corrected chi connectivity index (χ4v) is 3.16. The van der Waals surface area contributed by atoms with Crippen LogP contribution in [-0.2, 0) is 6.42 Å². The molecule has 1 aromatic carbocycles. The van der Waals surface area contributed by atoms with Gasteiger partial charge >= 0.3 is 0 Å². The fourth-order valence-electron chi connectivity index (χ4n) is 3.16. The van der Waals surface area contributed by atoms with E-state index in [-0.39, 0.29) is 5.82 Å². The second kappa shape index (κ2) is 8.14. The van der Waals surface area contributed by atoms with E-state index in [4.69, 9.17) is 4.42 Å². The summed E-state index contributed by atoms with van der Waals surface area (Å²) in [6.45, 7) is 5.14. The van der Waals surface area contributed by atoms with Crippen molar-refractivity contribution >= 4 is 5.96 Å². The molecule has 25 heavy (non-hydrogen) atoms. The lowest BCUT2D eigenvalue weighted by Gasteiger charge is -2.33. The third-order valence-electron chi connectivity index (χ3n) is 4.48. The highest BCUT2D eigenvalue weighted by molar-refractivity contribution is 5.80. The second-order valence-corrected chi connectivity index (χ2v) is 6.57. The van der Waals surface area contributed by atoms with Crippen LogP contribution in [0.25, 0.3) is 11.5 Å². The molecule has 1 N–H and O–H groups in total. The van der Waals surface area contributed by atoms with Crippen molar-refractivity contribution in [2.45, 2.75) is 26.2 Å². The number of aromatic nitrogens is 1. The first-order chi connectivity index (χ1) is 12.2. The van der Waals surface area contributed by atoms with Gasteiger partial charge in [0.1, 0.15) is 12.1 Å². The molecule has 0 aliphatic carbocycles. The summed E-state index contributed by atoms with van der Waals surface area (Å²) in [4.78, 5) is 11.2. The highest BCUT2D eigenvalue weighted by atomic mass is 19.1. The molecule has 134 valence electrons. The number of likely N-dealkylation sites (tertiary alicyclic amines) is 1. The van der Waals surface area contributed by atoms with Crippen molar-refractivity contribution in [1.29, 1.82) is 0 Å². The molecule has 1 aliphatic heterocycles. The number of rotatable bonds is 4. The minimum Gasteiger partial charge on any atom is -0.444 e. The van der Waals surface area contributed by atoms with Gasteiger partial charge < -0.3 is 14.6 Å². The summed E-state index contributed by atoms with van der Waals surface area (Å²) in [6, 6.07) is 6.15. The van der Waals surface area contributed by atoms with Crippen LogP contribution in [0.5, 0.6) is 0 Å². The average molecular weight is 344 g/mol. The number of aliphatic imine (C=N–C) groups is 1. The average Bonchev–Trinajstić information content (AvgIpc) is 3.08. The van der Waals surface area contributed by atoms with Gasteiger partial charge in [-0.15, -0.1) is 0 Å². The van der Waals surface area contributed by atoms with Crippen LogP contribution in [0, 0.1) is 11.7 Å². The van der Waals surface area contributed by atoms with E-state index in [9.17, 15) is 4.39 Å². The maximum absolute atomic E-state index is 13.0. The van der Waals surface area contributed by atoms with Gasteiger partial charge in [-0.1, -0.05) is 6.92 Å². The lowest BCUT2D eigenvalue weighted by molar-refractivity contribution is 0.266. The molecule has 0 radical (unpaired) electrons. The second-order valence-electron chi connectivity index (χ2n) is 6.57. The molecule has 2 aromatic rings. The standard InChI is InChI=1S/C19H25FN4O/c1-14-4-3-11-24(12-14)19(21-2)22-10-9-17-13-25-18(23-17)15-5-7-16(20)8-6-15/h5-8,13-14H,3-4,9-12H2,1-2H3,(H,21,22). The van der Waals surface area contributed by atoms with Crippen molar-refractivity contribution in [3.05, 3.63) is 42.0 Å². The topological polar surface area (TPSA) is 53.7 Å². The summed E-state index contributed by atoms with van der Waals surface area (Å²) in [5, 5.41) is 3.41. The van der Waals surface area contributed by atoms with Crippen molar-refractivity contribution < 1.29 is 8.81 Å². The van der Waals surface area contributed by atoms with Gasteiger partial charge in [-0.2, -0.15) is 0 Å². The Hall–Kier alpha value is -2.37. The third kappa shape index (κ3) is 4.59. The quantitative estimate of drug-likeness (QED) is 0.683. The van der Waals surface area contributed by atoms with E-state index in [0.29, 0.717) is 11.8 Å². The lowest BCUT2D eigenvalue weighted by Crippen LogP contribution is -2.46. The van der Waals surface area contributed by atoms with E-state index in [1.807, 2.05) is 7.05 Å². The third-order valence-corrected chi connectivity index (χ3v) is 4.48. The smallest absolute Gasteiger partial charge is 0.226 e. The zero-order valence-electron chi connectivity index (χ0n) is 14.8. The SMILES string of the molecule is CN=C(NCCc1coc(-c2ccc(F)cc2)n1)N1CCCC(C)C1. The molecule has 2 heterocycles. The molecule has 5 nitrogen and oxygen atoms in total. The molecule has 3 rings (SSSR count). The Balaban J connectivity index is 1.52. The number of guanidine groups is 1. The Morgan fingerprint density at radius 3 is 2.92 bits per heavy atom. The van der Waals surface area contributed by atoms with Gasteiger partial charge in [-0.25, -0.2) is 9.37 Å². The molecular formula is C19H25FN4O. The molecule has 1 fully saturated rings. The number of halogens is 1. The van der Waals surface area contributed by atoms with Crippen LogP contribution in [0.15, 0.2) is 39.9 Å². The van der Waals surface area contributed by atoms with E-state index in [1.165, 1.54) is 25.0 Å². The molecule has 0 amide bonds. The van der Waals surface area contributed by atoms with Crippen LogP contribution >= 0.6 is 0 Å². The summed E-state index contributed by atoms with van der Waals surface area (Å²) in [6.07, 6.45) is 4.91. The zero-order valence-corrected chi connectivity index (χ0v) is 14.8. The molecule has 1 unspecified atom stereocenters. The van der Waals surface area contributed by atoms with Crippen molar-refractivity contribution in [2.75, 3.05) is 26.7 Å². The maximum Gasteiger partial charge on any atom is 0.226 e. The number of oxazole rings is 1. The monoisotopic (exact) mass is 344 g/mol. The van der Waals surface area contributed by atoms with Crippen LogP contribution in [-0.4, -0.2) is 42.5 Å². The van der Waals surface area contributed by atoms with Gasteiger partial charge in [0, 0.05) is 38.7 Å². The molecule has 6 heteroatoms. The first kappa shape index (κ1) is 17.5. The van der Waals surface area contributed by atoms with Gasteiger partial charge in [0.25, 0.3) is 0 Å². The maximum atomic E-state index is 13.0. The van der Waals surface area contributed by atoms with E-state index in [0.717, 1.165) is 43.3 Å². The first-order valence-corrected chi connectivity index (χ1v) is 8.81. The zero-order chi connectivity index (χ0) is 17.6. The number of hydrogen-bond acceptors (Lipinski definition) is 3. The number of benzene rings is 1. The van der Waals surface area contributed by atoms with Gasteiger partial charge in [0.2, 0.25) is 5.89 Å². The Bertz CT molecular complexity index is 710. The largest absolute Gasteiger partial charge is 0.444 e. The van der Waals surface area contributed by atoms with E-state index >= 15 is 0 Å². The Morgan fingerprint density at radius 1 is 1.40 bits per heavy atom. The first-order valence-electron chi connectivity index (χ1n) is 8.81. The Morgan fingerprint density at radius 2 is 2.20 bits per heavy atom. The van der Waals surface area contributed by atoms with Gasteiger partial charge in [-0.05, 0) is 43.0 Å². The molecule has 1 atom stereocenters. The van der Waals surface area contributed by atoms with Crippen LogP contribution in [0.3, 0.4) is 0 Å². The minimum atomic E-state index is -0.266. The molecular weight excluding hydrogens is 319 g/mol. The van der Waals surface area contributed by atoms with Crippen LogP contribution in [0.1, 0.15) is 25.5 Å². The predicted octanol–water partition coefficient (Wildman–Crippen LogP) is 3.33. The van der Waals surface area contributed by atoms with Crippen molar-refractivity contribution in [2.24, 2.45) is 10.9 Å².